The molecule has 1 aromatic rings. The van der Waals surface area contributed by atoms with Crippen LogP contribution in [-0.4, -0.2) is 78.8 Å². The van der Waals surface area contributed by atoms with Gasteiger partial charge in [0.1, 0.15) is 23.7 Å². The van der Waals surface area contributed by atoms with E-state index in [9.17, 15) is 28.0 Å². The third kappa shape index (κ3) is 5.46. The minimum absolute atomic E-state index is 0.302. The average Bonchev–Trinajstić information content (AvgIpc) is 2.64. The molecule has 168 valence electrons. The number of hydrogen-bond donors (Lipinski definition) is 3. The minimum atomic E-state index is -4.61. The second kappa shape index (κ2) is 9.87. The van der Waals surface area contributed by atoms with Gasteiger partial charge in [-0.25, -0.2) is 0 Å². The summed E-state index contributed by atoms with van der Waals surface area (Å²) in [4.78, 5) is 35.7. The first-order valence-corrected chi connectivity index (χ1v) is 10.5. The monoisotopic (exact) mass is 446 g/mol. The lowest BCUT2D eigenvalue weighted by Gasteiger charge is -2.36. The topological polar surface area (TPSA) is 164 Å². The Morgan fingerprint density at radius 1 is 1.20 bits per heavy atom. The smallest absolute Gasteiger partial charge is 0.357 e. The Morgan fingerprint density at radius 3 is 2.13 bits per heavy atom. The predicted molar refractivity (Wildman–Crippen MR) is 105 cm³/mol. The van der Waals surface area contributed by atoms with Crippen LogP contribution in [0, 0.1) is 5.92 Å². The molecule has 2 atom stereocenters. The fourth-order valence-electron chi connectivity index (χ4n) is 3.07. The van der Waals surface area contributed by atoms with Crippen LogP contribution in [0.2, 0.25) is 0 Å². The highest BCUT2D eigenvalue weighted by Crippen LogP contribution is 2.30. The van der Waals surface area contributed by atoms with Crippen molar-refractivity contribution in [1.82, 2.24) is 4.90 Å². The third-order valence-corrected chi connectivity index (χ3v) is 6.69. The van der Waals surface area contributed by atoms with E-state index in [0.717, 1.165) is 4.90 Å². The van der Waals surface area contributed by atoms with Crippen molar-refractivity contribution in [2.24, 2.45) is 11.7 Å². The van der Waals surface area contributed by atoms with E-state index in [1.807, 2.05) is 0 Å². The van der Waals surface area contributed by atoms with Gasteiger partial charge >= 0.3 is 16.0 Å². The first kappa shape index (κ1) is 25.3. The van der Waals surface area contributed by atoms with E-state index >= 15 is 0 Å². The Balaban J connectivity index is 3.40. The Bertz CT molecular complexity index is 885. The van der Waals surface area contributed by atoms with Gasteiger partial charge in [-0.2, -0.15) is 13.6 Å². The molecular formula is C18H28N3O8S+. The van der Waals surface area contributed by atoms with E-state index in [1.165, 1.54) is 52.3 Å². The number of carboxylic acid groups (broad SMARTS) is 1. The summed E-state index contributed by atoms with van der Waals surface area (Å²) in [5.74, 6) is -3.33. The van der Waals surface area contributed by atoms with E-state index in [4.69, 9.17) is 15.6 Å². The average molecular weight is 447 g/mol. The molecule has 1 unspecified atom stereocenters. The van der Waals surface area contributed by atoms with E-state index in [2.05, 4.69) is 0 Å². The molecule has 0 saturated heterocycles. The van der Waals surface area contributed by atoms with Gasteiger partial charge in [-0.15, -0.1) is 0 Å². The number of benzene rings is 1. The first-order valence-electron chi connectivity index (χ1n) is 9.02. The number of carbonyl (C=O) groups is 3. The van der Waals surface area contributed by atoms with Crippen LogP contribution in [0.5, 0.6) is 5.75 Å². The Morgan fingerprint density at radius 2 is 1.73 bits per heavy atom. The quantitative estimate of drug-likeness (QED) is 0.316. The summed E-state index contributed by atoms with van der Waals surface area (Å²) in [5, 5.41) is 20.1. The van der Waals surface area contributed by atoms with Crippen LogP contribution in [0.25, 0.3) is 0 Å². The van der Waals surface area contributed by atoms with Gasteiger partial charge in [0.25, 0.3) is 5.91 Å². The SMILES string of the molecule is COc1ccc(S(=O)(=O)[N+](O)(CCC(=O)N(C)CC(=O)O)[C@@H](C(N)=O)C(C)C)cc1. The van der Waals surface area contributed by atoms with Crippen molar-refractivity contribution in [1.29, 1.82) is 0 Å². The molecule has 0 spiro atoms. The molecule has 0 heterocycles. The van der Waals surface area contributed by atoms with Crippen molar-refractivity contribution < 1.29 is 41.9 Å². The number of ether oxygens (including phenoxy) is 1. The Kier molecular flexibility index (Phi) is 8.34. The molecule has 0 aliphatic carbocycles. The highest BCUT2D eigenvalue weighted by atomic mass is 32.2. The molecule has 0 fully saturated rings. The van der Waals surface area contributed by atoms with Crippen LogP contribution >= 0.6 is 0 Å². The minimum Gasteiger partial charge on any atom is -0.497 e. The van der Waals surface area contributed by atoms with Crippen LogP contribution in [0.1, 0.15) is 20.3 Å². The molecule has 0 saturated carbocycles. The van der Waals surface area contributed by atoms with E-state index in [-0.39, 0.29) is 4.90 Å². The number of quaternary nitrogens is 1. The van der Waals surface area contributed by atoms with Crippen LogP contribution < -0.4 is 10.5 Å². The first-order chi connectivity index (χ1) is 13.8. The molecule has 0 bridgehead atoms. The molecule has 1 rings (SSSR count). The lowest BCUT2D eigenvalue weighted by molar-refractivity contribution is -1.02. The summed E-state index contributed by atoms with van der Waals surface area (Å²) < 4.78 is 29.8. The van der Waals surface area contributed by atoms with Crippen molar-refractivity contribution in [2.45, 2.75) is 31.2 Å². The number of carboxylic acids is 1. The summed E-state index contributed by atoms with van der Waals surface area (Å²) in [6, 6.07) is 3.58. The number of rotatable bonds is 11. The molecule has 12 heteroatoms. The number of hydroxylamine groups is 2. The number of amides is 2. The maximum absolute atomic E-state index is 13.3. The largest absolute Gasteiger partial charge is 0.497 e. The number of methoxy groups -OCH3 is 1. The number of aliphatic carboxylic acids is 1. The molecule has 0 aromatic heterocycles. The molecule has 0 aliphatic rings. The van der Waals surface area contributed by atoms with Crippen molar-refractivity contribution in [3.63, 3.8) is 0 Å². The highest BCUT2D eigenvalue weighted by molar-refractivity contribution is 7.85. The van der Waals surface area contributed by atoms with Crippen LogP contribution in [0.3, 0.4) is 0 Å². The molecular weight excluding hydrogens is 418 g/mol. The van der Waals surface area contributed by atoms with Crippen molar-refractivity contribution in [3.8, 4) is 5.75 Å². The zero-order chi connectivity index (χ0) is 23.3. The van der Waals surface area contributed by atoms with E-state index < -0.39 is 63.3 Å². The van der Waals surface area contributed by atoms with Crippen molar-refractivity contribution >= 4 is 27.8 Å². The summed E-state index contributed by atoms with van der Waals surface area (Å²) in [6.45, 7) is 1.73. The Hall–Kier alpha value is -2.70. The number of likely N-dealkylation sites (N-methyl/N-ethyl adjacent to an activating group) is 1. The van der Waals surface area contributed by atoms with Crippen LogP contribution in [0.4, 0.5) is 0 Å². The third-order valence-electron chi connectivity index (χ3n) is 4.58. The number of hydrogen-bond acceptors (Lipinski definition) is 7. The molecule has 1 aromatic carbocycles. The second-order valence-corrected chi connectivity index (χ2v) is 9.17. The summed E-state index contributed by atoms with van der Waals surface area (Å²) >= 11 is 0. The van der Waals surface area contributed by atoms with Gasteiger partial charge in [-0.05, 0) is 24.3 Å². The Labute approximate surface area is 175 Å². The van der Waals surface area contributed by atoms with Gasteiger partial charge in [0, 0.05) is 13.0 Å². The maximum Gasteiger partial charge on any atom is 0.357 e. The predicted octanol–water partition coefficient (Wildman–Crippen LogP) is 0.0329. The standard InChI is InChI=1S/C18H27N3O8S/c1-12(2)17(18(19)25)21(26,10-9-15(22)20(3)11-16(23)24)30(27,28)14-7-5-13(29-4)6-8-14/h5-8,12,17,26H,9-11H2,1-4H3,(H2-,19,23,24,25)/p+1/t17-,21?/m1/s1. The summed E-state index contributed by atoms with van der Waals surface area (Å²) in [7, 11) is -1.98. The lowest BCUT2D eigenvalue weighted by atomic mass is 10.0. The van der Waals surface area contributed by atoms with Gasteiger partial charge in [-0.3, -0.25) is 14.4 Å². The maximum atomic E-state index is 13.3. The summed E-state index contributed by atoms with van der Waals surface area (Å²) in [5.41, 5.74) is 5.40. The second-order valence-electron chi connectivity index (χ2n) is 7.11. The fourth-order valence-corrected chi connectivity index (χ4v) is 4.89. The van der Waals surface area contributed by atoms with Gasteiger partial charge in [0.15, 0.2) is 0 Å². The molecule has 4 N–H and O–H groups in total. The van der Waals surface area contributed by atoms with Crippen LogP contribution in [0.15, 0.2) is 29.2 Å². The van der Waals surface area contributed by atoms with Crippen LogP contribution in [-0.2, 0) is 24.4 Å². The van der Waals surface area contributed by atoms with Gasteiger partial charge in [0.05, 0.1) is 13.5 Å². The van der Waals surface area contributed by atoms with Crippen molar-refractivity contribution in [2.75, 3.05) is 27.2 Å². The van der Waals surface area contributed by atoms with E-state index in [0.29, 0.717) is 5.75 Å². The van der Waals surface area contributed by atoms with Gasteiger partial charge in [-0.1, -0.05) is 17.9 Å². The molecule has 0 aliphatic heterocycles. The van der Waals surface area contributed by atoms with E-state index in [1.54, 1.807) is 0 Å². The number of carbonyl (C=O) groups excluding carboxylic acids is 2. The molecule has 11 nitrogen and oxygen atoms in total. The molecule has 30 heavy (non-hydrogen) atoms. The van der Waals surface area contributed by atoms with Crippen molar-refractivity contribution in [3.05, 3.63) is 24.3 Å². The van der Waals surface area contributed by atoms with Gasteiger partial charge in [0.2, 0.25) is 11.9 Å². The van der Waals surface area contributed by atoms with Gasteiger partial charge < -0.3 is 20.5 Å². The highest BCUT2D eigenvalue weighted by Gasteiger charge is 2.53. The number of nitrogens with two attached hydrogens (primary N) is 1. The number of sulfonamides is 1. The number of nitrogens with zero attached hydrogens (tertiary/aromatic N) is 2. The zero-order valence-corrected chi connectivity index (χ0v) is 18.1. The lowest BCUT2D eigenvalue weighted by Crippen LogP contribution is -2.64. The zero-order valence-electron chi connectivity index (χ0n) is 17.3. The normalized spacial score (nSPS) is 14.6. The fraction of sp³-hybridized carbons (Fsp3) is 0.500. The number of primary amides is 1. The molecule has 0 radical (unpaired) electrons. The molecule has 2 amide bonds. The summed E-state index contributed by atoms with van der Waals surface area (Å²) in [6.07, 6.45) is -0.536.